The third kappa shape index (κ3) is 3.71. The molecule has 1 aromatic heterocycles. The van der Waals surface area contributed by atoms with Gasteiger partial charge in [-0.15, -0.1) is 0 Å². The Balaban J connectivity index is 2.20. The van der Waals surface area contributed by atoms with Crippen molar-refractivity contribution in [2.45, 2.75) is 18.4 Å². The number of hydrogen-bond donors (Lipinski definition) is 2. The van der Waals surface area contributed by atoms with E-state index in [1.807, 2.05) is 19.1 Å². The number of rotatable bonds is 5. The lowest BCUT2D eigenvalue weighted by atomic mass is 10.2. The Morgan fingerprint density at radius 2 is 2.05 bits per heavy atom. The molecule has 0 atom stereocenters. The van der Waals surface area contributed by atoms with E-state index in [9.17, 15) is 8.42 Å². The average molecular weight is 307 g/mol. The van der Waals surface area contributed by atoms with Crippen LogP contribution in [0.4, 0.5) is 5.69 Å². The molecule has 0 aliphatic carbocycles. The number of sulfonamides is 1. The molecule has 0 unspecified atom stereocenters. The highest BCUT2D eigenvalue weighted by atomic mass is 32.2. The first-order valence-corrected chi connectivity index (χ1v) is 7.75. The second-order valence-corrected chi connectivity index (χ2v) is 6.28. The van der Waals surface area contributed by atoms with E-state index in [1.54, 1.807) is 6.20 Å². The SMILES string of the molecule is COc1cc(N)ccc1S(=O)(=O)NCc1ccc(C)nc1. The number of benzene rings is 1. The van der Waals surface area contributed by atoms with Gasteiger partial charge in [0, 0.05) is 30.2 Å². The summed E-state index contributed by atoms with van der Waals surface area (Å²) < 4.78 is 32.2. The number of aryl methyl sites for hydroxylation is 1. The zero-order valence-corrected chi connectivity index (χ0v) is 12.6. The van der Waals surface area contributed by atoms with Crippen molar-refractivity contribution in [3.63, 3.8) is 0 Å². The zero-order valence-electron chi connectivity index (χ0n) is 11.8. The fourth-order valence-electron chi connectivity index (χ4n) is 1.77. The van der Waals surface area contributed by atoms with Crippen molar-refractivity contribution >= 4 is 15.7 Å². The molecule has 0 aliphatic heterocycles. The minimum Gasteiger partial charge on any atom is -0.495 e. The molecule has 0 bridgehead atoms. The normalized spacial score (nSPS) is 11.3. The van der Waals surface area contributed by atoms with E-state index in [0.29, 0.717) is 5.69 Å². The molecule has 3 N–H and O–H groups in total. The monoisotopic (exact) mass is 307 g/mol. The number of nitrogens with zero attached hydrogens (tertiary/aromatic N) is 1. The summed E-state index contributed by atoms with van der Waals surface area (Å²) in [6, 6.07) is 8.06. The molecule has 21 heavy (non-hydrogen) atoms. The first-order chi connectivity index (χ1) is 9.92. The van der Waals surface area contributed by atoms with Gasteiger partial charge < -0.3 is 10.5 Å². The maximum atomic E-state index is 12.3. The second kappa shape index (κ2) is 6.11. The Morgan fingerprint density at radius 3 is 2.67 bits per heavy atom. The van der Waals surface area contributed by atoms with Crippen LogP contribution in [0.2, 0.25) is 0 Å². The lowest BCUT2D eigenvalue weighted by Crippen LogP contribution is -2.23. The van der Waals surface area contributed by atoms with E-state index in [2.05, 4.69) is 9.71 Å². The lowest BCUT2D eigenvalue weighted by Gasteiger charge is -2.11. The summed E-state index contributed by atoms with van der Waals surface area (Å²) in [5.41, 5.74) is 7.71. The van der Waals surface area contributed by atoms with Crippen LogP contribution in [0.25, 0.3) is 0 Å². The smallest absolute Gasteiger partial charge is 0.244 e. The fourth-order valence-corrected chi connectivity index (χ4v) is 2.93. The van der Waals surface area contributed by atoms with E-state index in [4.69, 9.17) is 10.5 Å². The zero-order chi connectivity index (χ0) is 15.5. The van der Waals surface area contributed by atoms with Gasteiger partial charge in [-0.25, -0.2) is 13.1 Å². The Hall–Kier alpha value is -2.12. The number of methoxy groups -OCH3 is 1. The number of nitrogens with two attached hydrogens (primary N) is 1. The minimum atomic E-state index is -3.69. The van der Waals surface area contributed by atoms with E-state index in [1.165, 1.54) is 25.3 Å². The summed E-state index contributed by atoms with van der Waals surface area (Å²) in [6.07, 6.45) is 1.64. The van der Waals surface area contributed by atoms with Crippen LogP contribution in [-0.4, -0.2) is 20.5 Å². The molecule has 0 radical (unpaired) electrons. The van der Waals surface area contributed by atoms with Gasteiger partial charge in [-0.1, -0.05) is 6.07 Å². The molecule has 1 aromatic carbocycles. The summed E-state index contributed by atoms with van der Waals surface area (Å²) in [7, 11) is -2.29. The topological polar surface area (TPSA) is 94.3 Å². The van der Waals surface area contributed by atoms with Gasteiger partial charge >= 0.3 is 0 Å². The van der Waals surface area contributed by atoms with Crippen LogP contribution in [0.5, 0.6) is 5.75 Å². The van der Waals surface area contributed by atoms with Crippen LogP contribution in [0.3, 0.4) is 0 Å². The van der Waals surface area contributed by atoms with Gasteiger partial charge in [0.25, 0.3) is 0 Å². The number of ether oxygens (including phenoxy) is 1. The van der Waals surface area contributed by atoms with E-state index in [0.717, 1.165) is 11.3 Å². The highest BCUT2D eigenvalue weighted by Gasteiger charge is 2.19. The molecule has 0 spiro atoms. The number of anilines is 1. The summed E-state index contributed by atoms with van der Waals surface area (Å²) in [5.74, 6) is 0.213. The molecule has 1 heterocycles. The maximum absolute atomic E-state index is 12.3. The number of nitrogen functional groups attached to an aromatic ring is 1. The third-order valence-corrected chi connectivity index (χ3v) is 4.36. The predicted molar refractivity (Wildman–Crippen MR) is 80.4 cm³/mol. The molecule has 0 saturated heterocycles. The molecule has 0 aliphatic rings. The average Bonchev–Trinajstić information content (AvgIpc) is 2.46. The molecule has 0 saturated carbocycles. The van der Waals surface area contributed by atoms with Crippen LogP contribution >= 0.6 is 0 Å². The Labute approximate surface area is 124 Å². The molecule has 2 aromatic rings. The Morgan fingerprint density at radius 1 is 1.29 bits per heavy atom. The molecule has 2 rings (SSSR count). The maximum Gasteiger partial charge on any atom is 0.244 e. The summed E-state index contributed by atoms with van der Waals surface area (Å²) in [4.78, 5) is 4.18. The summed E-state index contributed by atoms with van der Waals surface area (Å²) in [5, 5.41) is 0. The van der Waals surface area contributed by atoms with E-state index in [-0.39, 0.29) is 17.2 Å². The highest BCUT2D eigenvalue weighted by Crippen LogP contribution is 2.25. The van der Waals surface area contributed by atoms with Gasteiger partial charge in [-0.05, 0) is 30.7 Å². The van der Waals surface area contributed by atoms with E-state index >= 15 is 0 Å². The molecule has 6 nitrogen and oxygen atoms in total. The van der Waals surface area contributed by atoms with Gasteiger partial charge in [-0.3, -0.25) is 4.98 Å². The number of pyridine rings is 1. The van der Waals surface area contributed by atoms with Crippen molar-refractivity contribution in [1.82, 2.24) is 9.71 Å². The standard InChI is InChI=1S/C14H17N3O3S/c1-10-3-4-11(8-16-10)9-17-21(18,19)14-6-5-12(15)7-13(14)20-2/h3-8,17H,9,15H2,1-2H3. The quantitative estimate of drug-likeness (QED) is 0.816. The van der Waals surface area contributed by atoms with Gasteiger partial charge in [0.15, 0.2) is 0 Å². The number of aromatic nitrogens is 1. The molecular formula is C14H17N3O3S. The first-order valence-electron chi connectivity index (χ1n) is 6.27. The van der Waals surface area contributed by atoms with Crippen molar-refractivity contribution in [3.05, 3.63) is 47.8 Å². The second-order valence-electron chi connectivity index (χ2n) is 4.54. The molecule has 112 valence electrons. The molecule has 0 amide bonds. The summed E-state index contributed by atoms with van der Waals surface area (Å²) >= 11 is 0. The van der Waals surface area contributed by atoms with Crippen molar-refractivity contribution in [3.8, 4) is 5.75 Å². The highest BCUT2D eigenvalue weighted by molar-refractivity contribution is 7.89. The summed E-state index contributed by atoms with van der Waals surface area (Å²) in [6.45, 7) is 2.02. The minimum absolute atomic E-state index is 0.0549. The molecule has 0 fully saturated rings. The number of nitrogens with one attached hydrogen (secondary N) is 1. The van der Waals surface area contributed by atoms with Crippen LogP contribution in [0, 0.1) is 6.92 Å². The van der Waals surface area contributed by atoms with Crippen LogP contribution < -0.4 is 15.2 Å². The van der Waals surface area contributed by atoms with Gasteiger partial charge in [0.1, 0.15) is 10.6 Å². The lowest BCUT2D eigenvalue weighted by molar-refractivity contribution is 0.402. The van der Waals surface area contributed by atoms with E-state index < -0.39 is 10.0 Å². The fraction of sp³-hybridized carbons (Fsp3) is 0.214. The predicted octanol–water partition coefficient (Wildman–Crippen LogP) is 1.46. The van der Waals surface area contributed by atoms with Gasteiger partial charge in [0.2, 0.25) is 10.0 Å². The number of hydrogen-bond acceptors (Lipinski definition) is 5. The van der Waals surface area contributed by atoms with Crippen molar-refractivity contribution in [2.24, 2.45) is 0 Å². The van der Waals surface area contributed by atoms with Crippen LogP contribution in [0.1, 0.15) is 11.3 Å². The van der Waals surface area contributed by atoms with Gasteiger partial charge in [0.05, 0.1) is 7.11 Å². The van der Waals surface area contributed by atoms with Crippen LogP contribution in [0.15, 0.2) is 41.4 Å². The van der Waals surface area contributed by atoms with Gasteiger partial charge in [-0.2, -0.15) is 0 Å². The molecule has 7 heteroatoms. The Kier molecular flexibility index (Phi) is 4.44. The van der Waals surface area contributed by atoms with Crippen molar-refractivity contribution in [2.75, 3.05) is 12.8 Å². The molecular weight excluding hydrogens is 290 g/mol. The largest absolute Gasteiger partial charge is 0.495 e. The van der Waals surface area contributed by atoms with Crippen molar-refractivity contribution in [1.29, 1.82) is 0 Å². The Bertz CT molecular complexity index is 728. The van der Waals surface area contributed by atoms with Crippen LogP contribution in [-0.2, 0) is 16.6 Å². The third-order valence-electron chi connectivity index (χ3n) is 2.92. The first kappa shape index (κ1) is 15.3. The van der Waals surface area contributed by atoms with Crippen molar-refractivity contribution < 1.29 is 13.2 Å².